The standard InChI is InChI=1S/C22H16NO3S2/c1-14(24)21-18(11-12-27-21)26-22(25)20(23-15-7-3-2-4-8-15)17-13-28-19-10-6-5-9-16(17)19/h2-13,20,23H,1H2/t20-/m1/s1. The zero-order chi connectivity index (χ0) is 19.5. The van der Waals surface area contributed by atoms with Gasteiger partial charge in [0.25, 0.3) is 0 Å². The highest BCUT2D eigenvalue weighted by molar-refractivity contribution is 7.17. The van der Waals surface area contributed by atoms with Gasteiger partial charge in [-0.2, -0.15) is 0 Å². The lowest BCUT2D eigenvalue weighted by Gasteiger charge is -2.18. The minimum absolute atomic E-state index is 0.245. The molecule has 0 saturated heterocycles. The summed E-state index contributed by atoms with van der Waals surface area (Å²) in [6, 6.07) is 18.3. The first-order valence-electron chi connectivity index (χ1n) is 8.56. The molecule has 1 radical (unpaired) electrons. The molecule has 0 bridgehead atoms. The van der Waals surface area contributed by atoms with Crippen LogP contribution in [0.2, 0.25) is 0 Å². The van der Waals surface area contributed by atoms with Crippen molar-refractivity contribution in [2.75, 3.05) is 5.32 Å². The number of carbonyl (C=O) groups is 2. The van der Waals surface area contributed by atoms with Crippen LogP contribution < -0.4 is 10.1 Å². The smallest absolute Gasteiger partial charge is 0.338 e. The molecule has 4 nitrogen and oxygen atoms in total. The van der Waals surface area contributed by atoms with Crippen LogP contribution in [0.3, 0.4) is 0 Å². The maximum absolute atomic E-state index is 13.1. The highest BCUT2D eigenvalue weighted by Crippen LogP contribution is 2.34. The Morgan fingerprint density at radius 2 is 1.71 bits per heavy atom. The molecule has 1 atom stereocenters. The Morgan fingerprint density at radius 3 is 2.50 bits per heavy atom. The van der Waals surface area contributed by atoms with E-state index in [9.17, 15) is 9.59 Å². The fourth-order valence-electron chi connectivity index (χ4n) is 2.94. The minimum Gasteiger partial charge on any atom is -0.423 e. The Bertz CT molecular complexity index is 1130. The summed E-state index contributed by atoms with van der Waals surface area (Å²) < 4.78 is 6.70. The number of thiophene rings is 2. The van der Waals surface area contributed by atoms with E-state index in [1.807, 2.05) is 60.0 Å². The summed E-state index contributed by atoms with van der Waals surface area (Å²) in [5.74, 6) is -0.603. The van der Waals surface area contributed by atoms with Crippen LogP contribution in [-0.4, -0.2) is 11.8 Å². The van der Waals surface area contributed by atoms with Crippen molar-refractivity contribution < 1.29 is 14.3 Å². The molecule has 0 unspecified atom stereocenters. The van der Waals surface area contributed by atoms with Gasteiger partial charge in [0.1, 0.15) is 4.88 Å². The van der Waals surface area contributed by atoms with Gasteiger partial charge in [0.15, 0.2) is 17.6 Å². The Morgan fingerprint density at radius 1 is 0.964 bits per heavy atom. The number of esters is 1. The second kappa shape index (κ2) is 7.96. The van der Waals surface area contributed by atoms with Crippen molar-refractivity contribution in [2.45, 2.75) is 6.04 Å². The molecule has 0 saturated carbocycles. The third-order valence-corrected chi connectivity index (χ3v) is 6.15. The molecule has 2 aromatic heterocycles. The average molecular weight is 407 g/mol. The molecule has 0 fully saturated rings. The number of hydrogen-bond donors (Lipinski definition) is 1. The Hall–Kier alpha value is -2.96. The first-order chi connectivity index (χ1) is 13.6. The van der Waals surface area contributed by atoms with Crippen LogP contribution in [0.25, 0.3) is 10.1 Å². The van der Waals surface area contributed by atoms with Gasteiger partial charge in [-0.3, -0.25) is 4.79 Å². The summed E-state index contributed by atoms with van der Waals surface area (Å²) in [5, 5.41) is 7.94. The van der Waals surface area contributed by atoms with E-state index in [1.165, 1.54) is 11.3 Å². The van der Waals surface area contributed by atoms with Gasteiger partial charge in [0, 0.05) is 22.9 Å². The summed E-state index contributed by atoms with van der Waals surface area (Å²) >= 11 is 2.78. The SMILES string of the molecule is [CH2]C(=O)c1sccc1OC(=O)[C@H](Nc1ccccc1)c1csc2ccccc12. The van der Waals surface area contributed by atoms with Crippen LogP contribution >= 0.6 is 22.7 Å². The molecule has 4 rings (SSSR count). The monoisotopic (exact) mass is 406 g/mol. The number of ketones is 1. The van der Waals surface area contributed by atoms with Crippen LogP contribution in [0.1, 0.15) is 21.3 Å². The lowest BCUT2D eigenvalue weighted by molar-refractivity contribution is -0.135. The fourth-order valence-corrected chi connectivity index (χ4v) is 4.61. The maximum Gasteiger partial charge on any atom is 0.338 e. The number of hydrogen-bond acceptors (Lipinski definition) is 6. The van der Waals surface area contributed by atoms with E-state index in [0.29, 0.717) is 4.88 Å². The number of benzene rings is 2. The molecule has 28 heavy (non-hydrogen) atoms. The summed E-state index contributed by atoms with van der Waals surface area (Å²) in [7, 11) is 0. The molecule has 139 valence electrons. The third kappa shape index (κ3) is 3.69. The number of carbonyl (C=O) groups excluding carboxylic acids is 2. The molecular weight excluding hydrogens is 390 g/mol. The third-order valence-electron chi connectivity index (χ3n) is 4.24. The van der Waals surface area contributed by atoms with E-state index in [0.717, 1.165) is 21.3 Å². The lowest BCUT2D eigenvalue weighted by atomic mass is 10.1. The molecule has 1 N–H and O–H groups in total. The van der Waals surface area contributed by atoms with Gasteiger partial charge in [-0.05, 0) is 40.4 Å². The van der Waals surface area contributed by atoms with Crippen LogP contribution in [-0.2, 0) is 4.79 Å². The van der Waals surface area contributed by atoms with E-state index < -0.39 is 12.0 Å². The fraction of sp³-hybridized carbons (Fsp3) is 0.0455. The summed E-state index contributed by atoms with van der Waals surface area (Å²) in [6.07, 6.45) is 0. The van der Waals surface area contributed by atoms with Crippen molar-refractivity contribution in [3.05, 3.63) is 88.8 Å². The van der Waals surface area contributed by atoms with Gasteiger partial charge in [-0.15, -0.1) is 22.7 Å². The normalized spacial score (nSPS) is 11.9. The highest BCUT2D eigenvalue weighted by Gasteiger charge is 2.27. The van der Waals surface area contributed by atoms with Crippen molar-refractivity contribution in [3.8, 4) is 5.75 Å². The van der Waals surface area contributed by atoms with Crippen LogP contribution in [0, 0.1) is 6.92 Å². The molecule has 4 aromatic rings. The molecular formula is C22H16NO3S2. The number of Topliss-reactive ketones (excluding diaryl/α,β-unsaturated/α-hetero) is 1. The van der Waals surface area contributed by atoms with Crippen LogP contribution in [0.15, 0.2) is 71.4 Å². The largest absolute Gasteiger partial charge is 0.423 e. The van der Waals surface area contributed by atoms with E-state index in [4.69, 9.17) is 4.74 Å². The predicted molar refractivity (Wildman–Crippen MR) is 114 cm³/mol. The maximum atomic E-state index is 13.1. The van der Waals surface area contributed by atoms with Gasteiger partial charge < -0.3 is 10.1 Å². The zero-order valence-corrected chi connectivity index (χ0v) is 16.4. The molecule has 2 aromatic carbocycles. The molecule has 0 aliphatic heterocycles. The Kier molecular flexibility index (Phi) is 5.23. The number of anilines is 1. The average Bonchev–Trinajstić information content (AvgIpc) is 3.34. The second-order valence-electron chi connectivity index (χ2n) is 6.09. The number of nitrogens with one attached hydrogen (secondary N) is 1. The zero-order valence-electron chi connectivity index (χ0n) is 14.8. The Balaban J connectivity index is 1.71. The van der Waals surface area contributed by atoms with E-state index >= 15 is 0 Å². The molecule has 0 spiro atoms. The first kappa shape index (κ1) is 18.4. The van der Waals surface area contributed by atoms with Gasteiger partial charge >= 0.3 is 5.97 Å². The number of rotatable bonds is 6. The first-order valence-corrected chi connectivity index (χ1v) is 10.3. The lowest BCUT2D eigenvalue weighted by Crippen LogP contribution is -2.25. The molecule has 6 heteroatoms. The van der Waals surface area contributed by atoms with Crippen molar-refractivity contribution in [2.24, 2.45) is 0 Å². The number of ether oxygens (including phenoxy) is 1. The van der Waals surface area contributed by atoms with Gasteiger partial charge in [-0.25, -0.2) is 4.79 Å². The summed E-state index contributed by atoms with van der Waals surface area (Å²) in [5.41, 5.74) is 1.64. The molecule has 0 aliphatic rings. The molecule has 0 aliphatic carbocycles. The topological polar surface area (TPSA) is 55.4 Å². The van der Waals surface area contributed by atoms with Crippen molar-refractivity contribution in [1.29, 1.82) is 0 Å². The number of para-hydroxylation sites is 1. The van der Waals surface area contributed by atoms with Crippen molar-refractivity contribution in [1.82, 2.24) is 0 Å². The Labute approximate surface area is 170 Å². The van der Waals surface area contributed by atoms with Crippen molar-refractivity contribution >= 4 is 50.2 Å². The highest BCUT2D eigenvalue weighted by atomic mass is 32.1. The van der Waals surface area contributed by atoms with Crippen molar-refractivity contribution in [3.63, 3.8) is 0 Å². The quantitative estimate of drug-likeness (QED) is 0.328. The molecule has 2 heterocycles. The van der Waals surface area contributed by atoms with Gasteiger partial charge in [0.05, 0.1) is 0 Å². The van der Waals surface area contributed by atoms with Gasteiger partial charge in [-0.1, -0.05) is 36.4 Å². The second-order valence-corrected chi connectivity index (χ2v) is 7.92. The van der Waals surface area contributed by atoms with Crippen LogP contribution in [0.5, 0.6) is 5.75 Å². The van der Waals surface area contributed by atoms with Gasteiger partial charge in [0.2, 0.25) is 0 Å². The minimum atomic E-state index is -0.716. The van der Waals surface area contributed by atoms with E-state index in [-0.39, 0.29) is 11.5 Å². The molecule has 0 amide bonds. The van der Waals surface area contributed by atoms with E-state index in [2.05, 4.69) is 12.2 Å². The number of fused-ring (bicyclic) bond motifs is 1. The van der Waals surface area contributed by atoms with E-state index in [1.54, 1.807) is 22.8 Å². The van der Waals surface area contributed by atoms with Crippen LogP contribution in [0.4, 0.5) is 5.69 Å². The summed E-state index contributed by atoms with van der Waals surface area (Å²) in [4.78, 5) is 25.1. The predicted octanol–water partition coefficient (Wildman–Crippen LogP) is 5.74. The summed E-state index contributed by atoms with van der Waals surface area (Å²) in [6.45, 7) is 3.42.